The summed E-state index contributed by atoms with van der Waals surface area (Å²) >= 11 is 0. The molecule has 20 rings (SSSR count). The second-order valence-electron chi connectivity index (χ2n) is 24.5. The summed E-state index contributed by atoms with van der Waals surface area (Å²) in [5.74, 6) is 0. The van der Waals surface area contributed by atoms with Crippen LogP contribution in [0.4, 0.5) is 22.7 Å². The average molecular weight is 1170 g/mol. The molecule has 92 heavy (non-hydrogen) atoms. The number of rotatable bonds is 6. The SMILES string of the molecule is c1ccc(N2CCN(c3ccccc3)c3cc4c(cc32)-c2cccc(-n3c5ccccc5c5cc(-n6c7ccccc7c7ccccc76)ccc53)c2-c2c(cccc2-n2c3ccccc3c3cc(-n5c6ccccc6c6ccccc65)ccc32)-c2cccnc2-4)cc1. The Labute approximate surface area is 530 Å². The van der Waals surface area contributed by atoms with Crippen molar-refractivity contribution in [3.8, 4) is 67.4 Å². The van der Waals surface area contributed by atoms with Gasteiger partial charge in [0.25, 0.3) is 0 Å². The van der Waals surface area contributed by atoms with Gasteiger partial charge in [0.1, 0.15) is 0 Å². The molecule has 0 spiro atoms. The van der Waals surface area contributed by atoms with E-state index in [1.165, 1.54) is 65.2 Å². The van der Waals surface area contributed by atoms with Crippen molar-refractivity contribution in [2.24, 2.45) is 0 Å². The maximum absolute atomic E-state index is 5.50. The third-order valence-electron chi connectivity index (χ3n) is 19.8. The second-order valence-corrected chi connectivity index (χ2v) is 24.5. The van der Waals surface area contributed by atoms with E-state index in [2.05, 4.69) is 331 Å². The summed E-state index contributed by atoms with van der Waals surface area (Å²) < 4.78 is 9.98. The van der Waals surface area contributed by atoms with Gasteiger partial charge in [0.2, 0.25) is 0 Å². The number of anilines is 4. The number of para-hydroxylation sites is 8. The van der Waals surface area contributed by atoms with Gasteiger partial charge in [-0.25, -0.2) is 0 Å². The zero-order valence-electron chi connectivity index (χ0n) is 50.0. The highest BCUT2D eigenvalue weighted by Gasteiger charge is 2.34. The summed E-state index contributed by atoms with van der Waals surface area (Å²) in [4.78, 5) is 10.5. The number of hydrogen-bond acceptors (Lipinski definition) is 3. The predicted molar refractivity (Wildman–Crippen MR) is 384 cm³/mol. The van der Waals surface area contributed by atoms with Crippen molar-refractivity contribution >= 4 is 110 Å². The largest absolute Gasteiger partial charge is 0.338 e. The second kappa shape index (κ2) is 19.7. The van der Waals surface area contributed by atoms with E-state index in [9.17, 15) is 0 Å². The lowest BCUT2D eigenvalue weighted by molar-refractivity contribution is 0.850. The molecular weight excluding hydrogens is 1120 g/mol. The predicted octanol–water partition coefficient (Wildman–Crippen LogP) is 21.7. The van der Waals surface area contributed by atoms with Crippen LogP contribution in [0.15, 0.2) is 310 Å². The maximum Gasteiger partial charge on any atom is 0.0787 e. The number of fused-ring (bicyclic) bond motifs is 21. The number of pyridine rings is 1. The van der Waals surface area contributed by atoms with Crippen molar-refractivity contribution in [3.63, 3.8) is 0 Å². The molecule has 0 saturated heterocycles. The standard InChI is InChI=1S/C85H55N7/c1-3-22-54(23-4-1)87-48-49-88(55-24-5-2-6-25-55)82-53-70-67(52-81(82)87)65-33-20-42-80(92-76-40-18-12-31-63(76)69-51-57(44-46-78(69)92)90-73-37-15-9-28-60(73)61-29-10-16-38-74(61)90)84(65)83-64(66-34-21-47-86-85(66)70)32-19-41-79(83)91-75-39-17-11-30-62(75)68-50-56(43-45-77(68)91)89-71-35-13-7-26-58(71)59-27-8-14-36-72(59)89/h1-47,50-53H,48-49H2. The Balaban J connectivity index is 0.904. The Bertz CT molecular complexity index is 5990. The van der Waals surface area contributed by atoms with Gasteiger partial charge in [0, 0.05) is 107 Å². The van der Waals surface area contributed by atoms with E-state index in [0.717, 1.165) is 125 Å². The molecule has 0 N–H and O–H groups in total. The van der Waals surface area contributed by atoms with Crippen LogP contribution in [0, 0.1) is 0 Å². The van der Waals surface area contributed by atoms with E-state index in [4.69, 9.17) is 4.98 Å². The Hall–Kier alpha value is -12.2. The molecule has 5 aromatic heterocycles. The Kier molecular flexibility index (Phi) is 10.8. The van der Waals surface area contributed by atoms with Crippen molar-refractivity contribution in [1.82, 2.24) is 23.3 Å². The molecule has 430 valence electrons. The molecule has 13 aromatic carbocycles. The molecule has 0 atom stereocenters. The summed E-state index contributed by atoms with van der Waals surface area (Å²) in [6, 6.07) is 113. The van der Waals surface area contributed by atoms with Crippen molar-refractivity contribution in [2.45, 2.75) is 0 Å². The molecule has 18 aromatic rings. The summed E-state index contributed by atoms with van der Waals surface area (Å²) in [5.41, 5.74) is 27.0. The van der Waals surface area contributed by atoms with Gasteiger partial charge in [-0.05, 0) is 144 Å². The van der Waals surface area contributed by atoms with Crippen LogP contribution in [0.5, 0.6) is 0 Å². The van der Waals surface area contributed by atoms with E-state index >= 15 is 0 Å². The minimum atomic E-state index is 0.795. The van der Waals surface area contributed by atoms with E-state index < -0.39 is 0 Å². The van der Waals surface area contributed by atoms with Gasteiger partial charge in [-0.15, -0.1) is 0 Å². The van der Waals surface area contributed by atoms with Gasteiger partial charge in [-0.1, -0.05) is 176 Å². The number of benzene rings is 13. The third kappa shape index (κ3) is 7.24. The maximum atomic E-state index is 5.50. The molecule has 6 heterocycles. The fraction of sp³-hybridized carbons (Fsp3) is 0.0235. The summed E-state index contributed by atoms with van der Waals surface area (Å²) in [6.45, 7) is 1.60. The van der Waals surface area contributed by atoms with E-state index in [1.807, 2.05) is 6.20 Å². The van der Waals surface area contributed by atoms with Gasteiger partial charge < -0.3 is 28.1 Å². The topological polar surface area (TPSA) is 39.1 Å². The monoisotopic (exact) mass is 1170 g/mol. The summed E-state index contributed by atoms with van der Waals surface area (Å²) in [5, 5.41) is 9.71. The van der Waals surface area contributed by atoms with Gasteiger partial charge in [0.15, 0.2) is 0 Å². The molecule has 2 aliphatic rings. The molecule has 0 bridgehead atoms. The fourth-order valence-electron chi connectivity index (χ4n) is 16.0. The van der Waals surface area contributed by atoms with Crippen LogP contribution in [0.25, 0.3) is 155 Å². The molecule has 1 aliphatic carbocycles. The van der Waals surface area contributed by atoms with Crippen LogP contribution >= 0.6 is 0 Å². The van der Waals surface area contributed by atoms with E-state index in [-0.39, 0.29) is 0 Å². The van der Waals surface area contributed by atoms with Crippen LogP contribution < -0.4 is 9.80 Å². The van der Waals surface area contributed by atoms with Crippen molar-refractivity contribution in [1.29, 1.82) is 0 Å². The lowest BCUT2D eigenvalue weighted by Crippen LogP contribution is -2.36. The molecule has 0 unspecified atom stereocenters. The summed E-state index contributed by atoms with van der Waals surface area (Å²) in [6.07, 6.45) is 1.98. The molecule has 1 aliphatic heterocycles. The van der Waals surface area contributed by atoms with Crippen molar-refractivity contribution < 1.29 is 0 Å². The molecule has 0 fully saturated rings. The highest BCUT2D eigenvalue weighted by molar-refractivity contribution is 6.17. The Morgan fingerprint density at radius 2 is 0.565 bits per heavy atom. The molecular formula is C85H55N7. The first-order chi connectivity index (χ1) is 45.7. The number of hydrogen-bond donors (Lipinski definition) is 0. The fourth-order valence-corrected chi connectivity index (χ4v) is 16.0. The zero-order valence-corrected chi connectivity index (χ0v) is 50.0. The third-order valence-corrected chi connectivity index (χ3v) is 19.8. The van der Waals surface area contributed by atoms with Gasteiger partial charge in [-0.3, -0.25) is 4.98 Å². The normalized spacial score (nSPS) is 12.9. The van der Waals surface area contributed by atoms with Gasteiger partial charge in [-0.2, -0.15) is 0 Å². The zero-order chi connectivity index (χ0) is 60.1. The summed E-state index contributed by atoms with van der Waals surface area (Å²) in [7, 11) is 0. The highest BCUT2D eigenvalue weighted by Crippen LogP contribution is 2.56. The molecule has 7 nitrogen and oxygen atoms in total. The minimum Gasteiger partial charge on any atom is -0.338 e. The van der Waals surface area contributed by atoms with Crippen molar-refractivity contribution in [2.75, 3.05) is 22.9 Å². The van der Waals surface area contributed by atoms with Crippen LogP contribution in [0.3, 0.4) is 0 Å². The van der Waals surface area contributed by atoms with Crippen LogP contribution in [0.2, 0.25) is 0 Å². The molecule has 0 radical (unpaired) electrons. The lowest BCUT2D eigenvalue weighted by atomic mass is 9.80. The smallest absolute Gasteiger partial charge is 0.0787 e. The van der Waals surface area contributed by atoms with E-state index in [0.29, 0.717) is 0 Å². The Morgan fingerprint density at radius 3 is 1.00 bits per heavy atom. The first-order valence-corrected chi connectivity index (χ1v) is 31.8. The molecule has 0 saturated carbocycles. The quantitative estimate of drug-likeness (QED) is 0.167. The minimum absolute atomic E-state index is 0.795. The number of nitrogens with zero attached hydrogens (tertiary/aromatic N) is 7. The number of aromatic nitrogens is 5. The molecule has 0 amide bonds. The molecule has 7 heteroatoms. The van der Waals surface area contributed by atoms with Crippen LogP contribution in [0.1, 0.15) is 0 Å². The first kappa shape index (κ1) is 50.8. The highest BCUT2D eigenvalue weighted by atomic mass is 15.3. The Morgan fingerprint density at radius 1 is 0.217 bits per heavy atom. The van der Waals surface area contributed by atoms with Crippen molar-refractivity contribution in [3.05, 3.63) is 310 Å². The first-order valence-electron chi connectivity index (χ1n) is 31.8. The van der Waals surface area contributed by atoms with Gasteiger partial charge in [0.05, 0.1) is 72.6 Å². The average Bonchev–Trinajstić information content (AvgIpc) is 1.25. The van der Waals surface area contributed by atoms with E-state index in [1.54, 1.807) is 0 Å². The van der Waals surface area contributed by atoms with Crippen LogP contribution in [-0.2, 0) is 0 Å². The lowest BCUT2D eigenvalue weighted by Gasteiger charge is -2.40. The van der Waals surface area contributed by atoms with Gasteiger partial charge >= 0.3 is 0 Å². The van der Waals surface area contributed by atoms with Crippen LogP contribution in [-0.4, -0.2) is 36.3 Å².